The Morgan fingerprint density at radius 1 is 0.789 bits per heavy atom. The summed E-state index contributed by atoms with van der Waals surface area (Å²) in [6.07, 6.45) is 10.7. The maximum Gasteiger partial charge on any atom is 0.150 e. The smallest absolute Gasteiger partial charge is 0.150 e. The Hall–Kier alpha value is -0.310. The Labute approximate surface area is 123 Å². The van der Waals surface area contributed by atoms with Gasteiger partial charge in [0.25, 0.3) is 0 Å². The predicted octanol–water partition coefficient (Wildman–Crippen LogP) is 4.80. The largest absolute Gasteiger partial charge is 0.299 e. The van der Waals surface area contributed by atoms with Gasteiger partial charge in [-0.3, -0.25) is 9.59 Å². The van der Waals surface area contributed by atoms with Crippen molar-refractivity contribution in [3.05, 3.63) is 0 Å². The maximum absolute atomic E-state index is 11.5. The van der Waals surface area contributed by atoms with E-state index in [4.69, 9.17) is 0 Å². The molecule has 3 heteroatoms. The number of unbranched alkanes of at least 4 members (excludes halogenated alkanes) is 6. The third kappa shape index (κ3) is 13.9. The van der Waals surface area contributed by atoms with Crippen LogP contribution in [0.4, 0.5) is 0 Å². The van der Waals surface area contributed by atoms with Crippen molar-refractivity contribution in [2.45, 2.75) is 78.1 Å². The van der Waals surface area contributed by atoms with Gasteiger partial charge in [0, 0.05) is 6.42 Å². The molecule has 0 N–H and O–H groups in total. The van der Waals surface area contributed by atoms with Crippen molar-refractivity contribution in [1.29, 1.82) is 0 Å². The fourth-order valence-electron chi connectivity index (χ4n) is 1.99. The second-order valence-electron chi connectivity index (χ2n) is 5.18. The van der Waals surface area contributed by atoms with Gasteiger partial charge in [0.05, 0.1) is 12.2 Å². The van der Waals surface area contributed by atoms with E-state index >= 15 is 0 Å². The summed E-state index contributed by atoms with van der Waals surface area (Å²) in [6, 6.07) is 0. The lowest BCUT2D eigenvalue weighted by Crippen LogP contribution is -2.09. The van der Waals surface area contributed by atoms with E-state index in [9.17, 15) is 9.59 Å². The van der Waals surface area contributed by atoms with Crippen LogP contribution >= 0.6 is 11.8 Å². The standard InChI is InChI=1S/C16H30O2S/c1-3-5-6-7-8-9-10-12-19-14-16(18)13-15(17)11-4-2/h3-14H2,1-2H3. The summed E-state index contributed by atoms with van der Waals surface area (Å²) in [5.74, 6) is 1.78. The van der Waals surface area contributed by atoms with Crippen molar-refractivity contribution in [2.75, 3.05) is 11.5 Å². The van der Waals surface area contributed by atoms with Gasteiger partial charge in [-0.25, -0.2) is 0 Å². The number of hydrogen-bond donors (Lipinski definition) is 0. The number of ketones is 2. The molecule has 0 unspecified atom stereocenters. The first-order chi connectivity index (χ1) is 9.20. The number of carbonyl (C=O) groups is 2. The first-order valence-electron chi connectivity index (χ1n) is 7.81. The molecule has 0 radical (unpaired) electrons. The minimum Gasteiger partial charge on any atom is -0.299 e. The molecule has 0 bridgehead atoms. The molecule has 0 aromatic heterocycles. The Morgan fingerprint density at radius 3 is 2.05 bits per heavy atom. The second kappa shape index (κ2) is 14.1. The summed E-state index contributed by atoms with van der Waals surface area (Å²) in [5, 5.41) is 0. The van der Waals surface area contributed by atoms with Crippen molar-refractivity contribution in [1.82, 2.24) is 0 Å². The zero-order valence-corrected chi connectivity index (χ0v) is 13.5. The van der Waals surface area contributed by atoms with E-state index in [1.54, 1.807) is 11.8 Å². The van der Waals surface area contributed by atoms with E-state index in [1.165, 1.54) is 44.9 Å². The topological polar surface area (TPSA) is 34.1 Å². The number of thioether (sulfide) groups is 1. The van der Waals surface area contributed by atoms with Crippen LogP contribution in [-0.4, -0.2) is 23.1 Å². The van der Waals surface area contributed by atoms with E-state index in [2.05, 4.69) is 6.92 Å². The van der Waals surface area contributed by atoms with Crippen molar-refractivity contribution in [2.24, 2.45) is 0 Å². The zero-order chi connectivity index (χ0) is 14.3. The second-order valence-corrected chi connectivity index (χ2v) is 6.28. The van der Waals surface area contributed by atoms with Gasteiger partial charge < -0.3 is 0 Å². The van der Waals surface area contributed by atoms with Crippen molar-refractivity contribution < 1.29 is 9.59 Å². The first kappa shape index (κ1) is 18.7. The summed E-state index contributed by atoms with van der Waals surface area (Å²) in [5.41, 5.74) is 0. The molecule has 0 saturated carbocycles. The van der Waals surface area contributed by atoms with Crippen LogP contribution in [0.15, 0.2) is 0 Å². The summed E-state index contributed by atoms with van der Waals surface area (Å²) < 4.78 is 0. The number of Topliss-reactive ketones (excluding diaryl/α,β-unsaturated/α-hetero) is 2. The van der Waals surface area contributed by atoms with Crippen LogP contribution in [0.25, 0.3) is 0 Å². The molecular formula is C16H30O2S. The molecule has 0 fully saturated rings. The van der Waals surface area contributed by atoms with E-state index in [-0.39, 0.29) is 18.0 Å². The lowest BCUT2D eigenvalue weighted by Gasteiger charge is -2.02. The summed E-state index contributed by atoms with van der Waals surface area (Å²) >= 11 is 1.69. The molecule has 0 rings (SSSR count). The third-order valence-electron chi connectivity index (χ3n) is 3.08. The lowest BCUT2D eigenvalue weighted by molar-refractivity contribution is -0.125. The Balaban J connectivity index is 3.25. The van der Waals surface area contributed by atoms with E-state index in [0.717, 1.165) is 12.2 Å². The quantitative estimate of drug-likeness (QED) is 0.340. The van der Waals surface area contributed by atoms with Gasteiger partial charge >= 0.3 is 0 Å². The Kier molecular flexibility index (Phi) is 13.9. The molecule has 0 aliphatic carbocycles. The molecule has 0 saturated heterocycles. The molecule has 0 atom stereocenters. The van der Waals surface area contributed by atoms with Crippen molar-refractivity contribution in [3.63, 3.8) is 0 Å². The van der Waals surface area contributed by atoms with Crippen LogP contribution < -0.4 is 0 Å². The maximum atomic E-state index is 11.5. The Morgan fingerprint density at radius 2 is 1.42 bits per heavy atom. The van der Waals surface area contributed by atoms with Gasteiger partial charge in [-0.15, -0.1) is 0 Å². The normalized spacial score (nSPS) is 10.6. The highest BCUT2D eigenvalue weighted by atomic mass is 32.2. The van der Waals surface area contributed by atoms with E-state index in [0.29, 0.717) is 12.2 Å². The molecular weight excluding hydrogens is 256 g/mol. The molecule has 112 valence electrons. The third-order valence-corrected chi connectivity index (χ3v) is 4.18. The molecule has 0 aliphatic rings. The highest BCUT2D eigenvalue weighted by Gasteiger charge is 2.08. The van der Waals surface area contributed by atoms with Gasteiger partial charge in [-0.1, -0.05) is 52.4 Å². The van der Waals surface area contributed by atoms with Crippen LogP contribution in [-0.2, 0) is 9.59 Å². The van der Waals surface area contributed by atoms with Crippen molar-refractivity contribution >= 4 is 23.3 Å². The molecule has 0 amide bonds. The highest BCUT2D eigenvalue weighted by Crippen LogP contribution is 2.11. The van der Waals surface area contributed by atoms with E-state index in [1.807, 2.05) is 6.92 Å². The number of rotatable bonds is 14. The summed E-state index contributed by atoms with van der Waals surface area (Å²) in [6.45, 7) is 4.20. The molecule has 0 spiro atoms. The molecule has 0 aromatic rings. The van der Waals surface area contributed by atoms with Crippen LogP contribution in [0.1, 0.15) is 78.1 Å². The number of carbonyl (C=O) groups excluding carboxylic acids is 2. The molecule has 19 heavy (non-hydrogen) atoms. The summed E-state index contributed by atoms with van der Waals surface area (Å²) in [4.78, 5) is 22.8. The van der Waals surface area contributed by atoms with Crippen molar-refractivity contribution in [3.8, 4) is 0 Å². The summed E-state index contributed by atoms with van der Waals surface area (Å²) in [7, 11) is 0. The van der Waals surface area contributed by atoms with Gasteiger partial charge in [-0.05, 0) is 18.6 Å². The monoisotopic (exact) mass is 286 g/mol. The number of hydrogen-bond acceptors (Lipinski definition) is 3. The fourth-order valence-corrected chi connectivity index (χ4v) is 2.87. The van der Waals surface area contributed by atoms with Crippen LogP contribution in [0.5, 0.6) is 0 Å². The average Bonchev–Trinajstić information content (AvgIpc) is 2.37. The van der Waals surface area contributed by atoms with Crippen LogP contribution in [0.2, 0.25) is 0 Å². The molecule has 0 heterocycles. The van der Waals surface area contributed by atoms with Gasteiger partial charge in [-0.2, -0.15) is 11.8 Å². The molecule has 0 aromatic carbocycles. The fraction of sp³-hybridized carbons (Fsp3) is 0.875. The predicted molar refractivity (Wildman–Crippen MR) is 84.9 cm³/mol. The highest BCUT2D eigenvalue weighted by molar-refractivity contribution is 7.99. The van der Waals surface area contributed by atoms with E-state index < -0.39 is 0 Å². The van der Waals surface area contributed by atoms with Gasteiger partial charge in [0.15, 0.2) is 0 Å². The zero-order valence-electron chi connectivity index (χ0n) is 12.7. The Bertz CT molecular complexity index is 239. The average molecular weight is 286 g/mol. The lowest BCUT2D eigenvalue weighted by atomic mass is 10.1. The van der Waals surface area contributed by atoms with Gasteiger partial charge in [0.2, 0.25) is 0 Å². The minimum absolute atomic E-state index is 0.101. The SMILES string of the molecule is CCCCCCCCCSCC(=O)CC(=O)CCC. The minimum atomic E-state index is 0.101. The van der Waals surface area contributed by atoms with Crippen LogP contribution in [0.3, 0.4) is 0 Å². The van der Waals surface area contributed by atoms with Crippen LogP contribution in [0, 0.1) is 0 Å². The molecule has 0 aliphatic heterocycles. The molecule has 2 nitrogen and oxygen atoms in total. The van der Waals surface area contributed by atoms with Gasteiger partial charge in [0.1, 0.15) is 11.6 Å². The first-order valence-corrected chi connectivity index (χ1v) is 8.97.